The molecule has 10 heavy (non-hydrogen) atoms. The van der Waals surface area contributed by atoms with Gasteiger partial charge in [-0.1, -0.05) is 6.58 Å². The largest absolute Gasteiger partial charge is 0.342 e. The molecule has 54 valence electrons. The van der Waals surface area contributed by atoms with Crippen LogP contribution in [0.15, 0.2) is 17.4 Å². The van der Waals surface area contributed by atoms with Crippen LogP contribution >= 0.6 is 0 Å². The average molecular weight is 139 g/mol. The van der Waals surface area contributed by atoms with Crippen molar-refractivity contribution >= 4 is 11.7 Å². The van der Waals surface area contributed by atoms with Crippen molar-refractivity contribution in [1.29, 1.82) is 0 Å². The standard InChI is InChI=1S/C6H9N3O/c1-4-5(2)8-9(3)6(10)7-4/h1H2,2-3H3,(H,7,10). The quantitative estimate of drug-likeness (QED) is 0.522. The first-order chi connectivity index (χ1) is 4.61. The van der Waals surface area contributed by atoms with E-state index in [0.29, 0.717) is 5.70 Å². The topological polar surface area (TPSA) is 44.7 Å². The highest BCUT2D eigenvalue weighted by molar-refractivity contribution is 6.02. The van der Waals surface area contributed by atoms with Crippen LogP contribution in [0.3, 0.4) is 0 Å². The second kappa shape index (κ2) is 2.13. The van der Waals surface area contributed by atoms with E-state index in [2.05, 4.69) is 17.0 Å². The Morgan fingerprint density at radius 3 is 2.80 bits per heavy atom. The number of carbonyl (C=O) groups excluding carboxylic acids is 1. The fourth-order valence-electron chi connectivity index (χ4n) is 0.631. The van der Waals surface area contributed by atoms with E-state index in [4.69, 9.17) is 0 Å². The molecule has 0 aromatic heterocycles. The molecule has 0 fully saturated rings. The van der Waals surface area contributed by atoms with Gasteiger partial charge in [0.15, 0.2) is 0 Å². The van der Waals surface area contributed by atoms with Crippen LogP contribution in [-0.4, -0.2) is 23.8 Å². The summed E-state index contributed by atoms with van der Waals surface area (Å²) >= 11 is 0. The third-order valence-corrected chi connectivity index (χ3v) is 1.29. The summed E-state index contributed by atoms with van der Waals surface area (Å²) in [7, 11) is 1.59. The number of nitrogens with zero attached hydrogens (tertiary/aromatic N) is 2. The Bertz CT molecular complexity index is 219. The molecular formula is C6H9N3O. The lowest BCUT2D eigenvalue weighted by Crippen LogP contribution is -2.40. The van der Waals surface area contributed by atoms with Crippen LogP contribution in [0.2, 0.25) is 0 Å². The van der Waals surface area contributed by atoms with Gasteiger partial charge in [0.2, 0.25) is 0 Å². The van der Waals surface area contributed by atoms with Crippen molar-refractivity contribution in [2.24, 2.45) is 5.10 Å². The van der Waals surface area contributed by atoms with E-state index in [9.17, 15) is 4.79 Å². The van der Waals surface area contributed by atoms with Crippen molar-refractivity contribution < 1.29 is 4.79 Å². The average Bonchev–Trinajstić information content (AvgIpc) is 1.84. The first-order valence-electron chi connectivity index (χ1n) is 2.90. The van der Waals surface area contributed by atoms with Gasteiger partial charge in [-0.15, -0.1) is 0 Å². The molecule has 0 unspecified atom stereocenters. The fraction of sp³-hybridized carbons (Fsp3) is 0.333. The first kappa shape index (κ1) is 6.80. The number of nitrogens with one attached hydrogen (secondary N) is 1. The third kappa shape index (κ3) is 1.00. The molecular weight excluding hydrogens is 130 g/mol. The monoisotopic (exact) mass is 139 g/mol. The Balaban J connectivity index is 2.89. The molecule has 0 saturated carbocycles. The van der Waals surface area contributed by atoms with E-state index in [1.165, 1.54) is 5.01 Å². The highest BCUT2D eigenvalue weighted by atomic mass is 16.2. The lowest BCUT2D eigenvalue weighted by Gasteiger charge is -2.20. The Morgan fingerprint density at radius 1 is 1.70 bits per heavy atom. The highest BCUT2D eigenvalue weighted by Crippen LogP contribution is 2.00. The number of rotatable bonds is 0. The molecule has 1 aliphatic heterocycles. The van der Waals surface area contributed by atoms with Crippen LogP contribution in [0.1, 0.15) is 6.92 Å². The van der Waals surface area contributed by atoms with Crippen LogP contribution in [0.25, 0.3) is 0 Å². The number of amides is 2. The van der Waals surface area contributed by atoms with Gasteiger partial charge in [-0.2, -0.15) is 5.10 Å². The summed E-state index contributed by atoms with van der Waals surface area (Å²) in [5.41, 5.74) is 1.31. The molecule has 0 bridgehead atoms. The summed E-state index contributed by atoms with van der Waals surface area (Å²) in [6.45, 7) is 5.38. The summed E-state index contributed by atoms with van der Waals surface area (Å²) in [5.74, 6) is 0. The van der Waals surface area contributed by atoms with Crippen LogP contribution < -0.4 is 5.32 Å². The molecule has 2 amide bonds. The second-order valence-corrected chi connectivity index (χ2v) is 2.12. The zero-order chi connectivity index (χ0) is 7.72. The molecule has 1 rings (SSSR count). The lowest BCUT2D eigenvalue weighted by atomic mass is 10.3. The van der Waals surface area contributed by atoms with Gasteiger partial charge in [0.25, 0.3) is 0 Å². The Morgan fingerprint density at radius 2 is 2.30 bits per heavy atom. The third-order valence-electron chi connectivity index (χ3n) is 1.29. The number of carbonyl (C=O) groups is 1. The van der Waals surface area contributed by atoms with E-state index in [0.717, 1.165) is 5.71 Å². The molecule has 0 spiro atoms. The molecule has 0 aliphatic carbocycles. The van der Waals surface area contributed by atoms with Crippen molar-refractivity contribution in [3.05, 3.63) is 12.3 Å². The second-order valence-electron chi connectivity index (χ2n) is 2.12. The van der Waals surface area contributed by atoms with Gasteiger partial charge in [0.1, 0.15) is 0 Å². The summed E-state index contributed by atoms with van der Waals surface area (Å²) in [4.78, 5) is 10.8. The molecule has 0 atom stereocenters. The van der Waals surface area contributed by atoms with Crippen molar-refractivity contribution in [3.63, 3.8) is 0 Å². The van der Waals surface area contributed by atoms with Gasteiger partial charge < -0.3 is 5.32 Å². The summed E-state index contributed by atoms with van der Waals surface area (Å²) in [6, 6.07) is -0.240. The molecule has 0 radical (unpaired) electrons. The van der Waals surface area contributed by atoms with E-state index < -0.39 is 0 Å². The van der Waals surface area contributed by atoms with Crippen molar-refractivity contribution in [2.75, 3.05) is 7.05 Å². The minimum Gasteiger partial charge on any atom is -0.305 e. The maximum atomic E-state index is 10.8. The maximum Gasteiger partial charge on any atom is 0.342 e. The van der Waals surface area contributed by atoms with Gasteiger partial charge in [0, 0.05) is 7.05 Å². The number of hydrazone groups is 1. The van der Waals surface area contributed by atoms with E-state index in [1.807, 2.05) is 0 Å². The fourth-order valence-corrected chi connectivity index (χ4v) is 0.631. The Kier molecular flexibility index (Phi) is 1.45. The maximum absolute atomic E-state index is 10.8. The zero-order valence-electron chi connectivity index (χ0n) is 6.01. The number of hydrogen-bond donors (Lipinski definition) is 1. The zero-order valence-corrected chi connectivity index (χ0v) is 6.01. The van der Waals surface area contributed by atoms with Gasteiger partial charge in [-0.3, -0.25) is 0 Å². The smallest absolute Gasteiger partial charge is 0.305 e. The summed E-state index contributed by atoms with van der Waals surface area (Å²) < 4.78 is 0. The summed E-state index contributed by atoms with van der Waals surface area (Å²) in [5, 5.41) is 7.66. The molecule has 0 saturated heterocycles. The molecule has 1 aliphatic rings. The van der Waals surface area contributed by atoms with Crippen molar-refractivity contribution in [3.8, 4) is 0 Å². The van der Waals surface area contributed by atoms with Crippen LogP contribution in [0, 0.1) is 0 Å². The van der Waals surface area contributed by atoms with Crippen molar-refractivity contribution in [2.45, 2.75) is 6.92 Å². The number of hydrogen-bond acceptors (Lipinski definition) is 2. The molecule has 1 heterocycles. The van der Waals surface area contributed by atoms with Gasteiger partial charge >= 0.3 is 6.03 Å². The molecule has 0 aromatic carbocycles. The summed E-state index contributed by atoms with van der Waals surface area (Å²) in [6.07, 6.45) is 0. The van der Waals surface area contributed by atoms with E-state index in [-0.39, 0.29) is 6.03 Å². The minimum atomic E-state index is -0.240. The van der Waals surface area contributed by atoms with Crippen molar-refractivity contribution in [1.82, 2.24) is 10.3 Å². The van der Waals surface area contributed by atoms with Gasteiger partial charge in [-0.25, -0.2) is 9.80 Å². The molecule has 4 nitrogen and oxygen atoms in total. The van der Waals surface area contributed by atoms with Crippen LogP contribution in [0.4, 0.5) is 4.79 Å². The number of allylic oxidation sites excluding steroid dienone is 1. The first-order valence-corrected chi connectivity index (χ1v) is 2.90. The molecule has 4 heteroatoms. The van der Waals surface area contributed by atoms with E-state index in [1.54, 1.807) is 14.0 Å². The van der Waals surface area contributed by atoms with Gasteiger partial charge in [0.05, 0.1) is 11.4 Å². The predicted octanol–water partition coefficient (Wildman–Crippen LogP) is 0.531. The lowest BCUT2D eigenvalue weighted by molar-refractivity contribution is 0.212. The van der Waals surface area contributed by atoms with E-state index >= 15 is 0 Å². The normalized spacial score (nSPS) is 18.6. The van der Waals surface area contributed by atoms with Gasteiger partial charge in [-0.05, 0) is 6.92 Å². The van der Waals surface area contributed by atoms with Crippen LogP contribution in [-0.2, 0) is 0 Å². The Hall–Kier alpha value is -1.32. The predicted molar refractivity (Wildman–Crippen MR) is 38.5 cm³/mol. The molecule has 1 N–H and O–H groups in total. The highest BCUT2D eigenvalue weighted by Gasteiger charge is 2.15. The Labute approximate surface area is 59.2 Å². The molecule has 0 aromatic rings. The number of urea groups is 1. The minimum absolute atomic E-state index is 0.240. The van der Waals surface area contributed by atoms with Crippen LogP contribution in [0.5, 0.6) is 0 Å². The SMILES string of the molecule is C=C1NC(=O)N(C)N=C1C.